The zero-order valence-electron chi connectivity index (χ0n) is 22.7. The molecule has 2 aromatic heterocycles. The van der Waals surface area contributed by atoms with E-state index in [1.165, 1.54) is 0 Å². The minimum atomic E-state index is -0.123. The van der Waals surface area contributed by atoms with Gasteiger partial charge in [0.25, 0.3) is 0 Å². The van der Waals surface area contributed by atoms with E-state index in [0.717, 1.165) is 59.6 Å². The number of nitriles is 1. The quantitative estimate of drug-likeness (QED) is 0.308. The van der Waals surface area contributed by atoms with Gasteiger partial charge in [0.15, 0.2) is 0 Å². The van der Waals surface area contributed by atoms with Gasteiger partial charge >= 0.3 is 6.03 Å². The molecule has 1 saturated carbocycles. The molecule has 5 rings (SSSR count). The number of hydrogen-bond donors (Lipinski definition) is 2. The van der Waals surface area contributed by atoms with Crippen LogP contribution in [-0.2, 0) is 13.6 Å². The Labute approximate surface area is 234 Å². The largest absolute Gasteiger partial charge is 0.497 e. The maximum atomic E-state index is 13.7. The maximum absolute atomic E-state index is 13.7. The minimum absolute atomic E-state index is 0.0570. The molecule has 0 bridgehead atoms. The molecule has 204 valence electrons. The van der Waals surface area contributed by atoms with Crippen LogP contribution in [0.5, 0.6) is 5.75 Å². The highest BCUT2D eigenvalue weighted by Crippen LogP contribution is 2.31. The van der Waals surface area contributed by atoms with E-state index in [2.05, 4.69) is 26.8 Å². The van der Waals surface area contributed by atoms with E-state index in [4.69, 9.17) is 10.00 Å². The van der Waals surface area contributed by atoms with E-state index >= 15 is 0 Å². The van der Waals surface area contributed by atoms with Crippen LogP contribution in [0.4, 0.5) is 16.3 Å². The second kappa shape index (κ2) is 12.3. The molecule has 9 heteroatoms. The predicted molar refractivity (Wildman–Crippen MR) is 155 cm³/mol. The molecular weight excluding hydrogens is 502 g/mol. The topological polar surface area (TPSA) is 108 Å². The number of anilines is 2. The van der Waals surface area contributed by atoms with Gasteiger partial charge in [-0.15, -0.1) is 0 Å². The molecule has 40 heavy (non-hydrogen) atoms. The second-order valence-corrected chi connectivity index (χ2v) is 10.0. The van der Waals surface area contributed by atoms with Crippen molar-refractivity contribution in [3.05, 3.63) is 90.4 Å². The Balaban J connectivity index is 1.30. The molecule has 0 atom stereocenters. The Kier molecular flexibility index (Phi) is 8.26. The number of methoxy groups -OCH3 is 1. The van der Waals surface area contributed by atoms with E-state index in [1.54, 1.807) is 24.1 Å². The summed E-state index contributed by atoms with van der Waals surface area (Å²) in [6.07, 6.45) is 8.90. The van der Waals surface area contributed by atoms with Crippen molar-refractivity contribution in [2.24, 2.45) is 7.05 Å². The molecule has 0 saturated heterocycles. The fourth-order valence-corrected chi connectivity index (χ4v) is 5.16. The standard InChI is InChI=1S/C31H33N7O2/c1-37-21-25(20-35-37)24-7-11-27(12-8-24)38(31(39)34-18-22-4-3-5-29(16-22)40-2)28-13-9-26(10-14-28)36-30-15-6-23(17-32)19-33-30/h3-8,11-12,15-16,19-21,26,28H,9-10,13-14,18H2,1-2H3,(H,33,36)(H,34,39). The number of amides is 2. The SMILES string of the molecule is COc1cccc(CNC(=O)N(c2ccc(-c3cnn(C)c3)cc2)C2CCC(Nc3ccc(C#N)cn3)CC2)c1. The first-order valence-corrected chi connectivity index (χ1v) is 13.4. The van der Waals surface area contributed by atoms with Gasteiger partial charge in [-0.1, -0.05) is 24.3 Å². The molecule has 2 heterocycles. The monoisotopic (exact) mass is 535 g/mol. The molecule has 0 unspecified atom stereocenters. The van der Waals surface area contributed by atoms with Gasteiger partial charge < -0.3 is 15.4 Å². The van der Waals surface area contributed by atoms with Gasteiger partial charge in [-0.05, 0) is 73.2 Å². The van der Waals surface area contributed by atoms with Gasteiger partial charge in [0.1, 0.15) is 17.6 Å². The van der Waals surface area contributed by atoms with Gasteiger partial charge in [-0.2, -0.15) is 10.4 Å². The third-order valence-electron chi connectivity index (χ3n) is 7.29. The summed E-state index contributed by atoms with van der Waals surface area (Å²) in [6.45, 7) is 0.404. The smallest absolute Gasteiger partial charge is 0.322 e. The molecule has 0 spiro atoms. The van der Waals surface area contributed by atoms with Crippen LogP contribution in [0.25, 0.3) is 11.1 Å². The number of rotatable bonds is 8. The van der Waals surface area contributed by atoms with Crippen LogP contribution in [0.2, 0.25) is 0 Å². The Hall–Kier alpha value is -4.84. The lowest BCUT2D eigenvalue weighted by Crippen LogP contribution is -2.48. The number of nitrogens with zero attached hydrogens (tertiary/aromatic N) is 5. The zero-order chi connectivity index (χ0) is 27.9. The van der Waals surface area contributed by atoms with Crippen LogP contribution in [0, 0.1) is 11.3 Å². The third kappa shape index (κ3) is 6.41. The van der Waals surface area contributed by atoms with E-state index < -0.39 is 0 Å². The Bertz CT molecular complexity index is 1470. The van der Waals surface area contributed by atoms with Crippen molar-refractivity contribution in [2.45, 2.75) is 44.3 Å². The van der Waals surface area contributed by atoms with Gasteiger partial charge in [0.05, 0.1) is 18.9 Å². The second-order valence-electron chi connectivity index (χ2n) is 10.0. The summed E-state index contributed by atoms with van der Waals surface area (Å²) in [5.74, 6) is 1.53. The maximum Gasteiger partial charge on any atom is 0.322 e. The summed E-state index contributed by atoms with van der Waals surface area (Å²) in [5.41, 5.74) is 4.46. The molecule has 4 aromatic rings. The molecule has 2 amide bonds. The lowest BCUT2D eigenvalue weighted by Gasteiger charge is -2.37. The van der Waals surface area contributed by atoms with Crippen molar-refractivity contribution >= 4 is 17.5 Å². The van der Waals surface area contributed by atoms with E-state index in [0.29, 0.717) is 12.1 Å². The lowest BCUT2D eigenvalue weighted by atomic mass is 9.89. The third-order valence-corrected chi connectivity index (χ3v) is 7.29. The first-order chi connectivity index (χ1) is 19.5. The summed E-state index contributed by atoms with van der Waals surface area (Å²) >= 11 is 0. The van der Waals surface area contributed by atoms with Gasteiger partial charge in [0, 0.05) is 49.3 Å². The molecule has 1 aliphatic rings. The molecule has 1 aliphatic carbocycles. The number of urea groups is 1. The zero-order valence-corrected chi connectivity index (χ0v) is 22.7. The average molecular weight is 536 g/mol. The van der Waals surface area contributed by atoms with Crippen LogP contribution in [-0.4, -0.2) is 40.0 Å². The number of pyridine rings is 1. The number of benzene rings is 2. The summed E-state index contributed by atoms with van der Waals surface area (Å²) in [6, 6.07) is 21.7. The number of carbonyl (C=O) groups excluding carboxylic acids is 1. The van der Waals surface area contributed by atoms with Crippen molar-refractivity contribution in [2.75, 3.05) is 17.3 Å². The van der Waals surface area contributed by atoms with Crippen molar-refractivity contribution in [1.29, 1.82) is 5.26 Å². The highest BCUT2D eigenvalue weighted by atomic mass is 16.5. The van der Waals surface area contributed by atoms with E-state index in [9.17, 15) is 4.79 Å². The summed E-state index contributed by atoms with van der Waals surface area (Å²) in [7, 11) is 3.53. The minimum Gasteiger partial charge on any atom is -0.497 e. The summed E-state index contributed by atoms with van der Waals surface area (Å²) in [4.78, 5) is 19.9. The first-order valence-electron chi connectivity index (χ1n) is 13.4. The fourth-order valence-electron chi connectivity index (χ4n) is 5.16. The van der Waals surface area contributed by atoms with Crippen molar-refractivity contribution < 1.29 is 9.53 Å². The lowest BCUT2D eigenvalue weighted by molar-refractivity contribution is 0.240. The Morgan fingerprint density at radius 1 is 1.07 bits per heavy atom. The van der Waals surface area contributed by atoms with E-state index in [1.807, 2.05) is 78.9 Å². The number of aromatic nitrogens is 3. The van der Waals surface area contributed by atoms with Crippen LogP contribution < -0.4 is 20.3 Å². The van der Waals surface area contributed by atoms with Gasteiger partial charge in [0.2, 0.25) is 0 Å². The van der Waals surface area contributed by atoms with Gasteiger partial charge in [-0.25, -0.2) is 9.78 Å². The van der Waals surface area contributed by atoms with Crippen LogP contribution in [0.3, 0.4) is 0 Å². The number of ether oxygens (including phenoxy) is 1. The average Bonchev–Trinajstić information content (AvgIpc) is 3.44. The summed E-state index contributed by atoms with van der Waals surface area (Å²) in [5, 5.41) is 19.9. The van der Waals surface area contributed by atoms with Gasteiger partial charge in [-0.3, -0.25) is 9.58 Å². The van der Waals surface area contributed by atoms with E-state index in [-0.39, 0.29) is 18.1 Å². The van der Waals surface area contributed by atoms with Crippen LogP contribution in [0.1, 0.15) is 36.8 Å². The fraction of sp³-hybridized carbons (Fsp3) is 0.290. The summed E-state index contributed by atoms with van der Waals surface area (Å²) < 4.78 is 7.11. The molecule has 0 aliphatic heterocycles. The molecule has 1 fully saturated rings. The highest BCUT2D eigenvalue weighted by molar-refractivity contribution is 5.93. The van der Waals surface area contributed by atoms with Crippen molar-refractivity contribution in [3.63, 3.8) is 0 Å². The molecule has 0 radical (unpaired) electrons. The normalized spacial score (nSPS) is 16.5. The Morgan fingerprint density at radius 2 is 1.88 bits per heavy atom. The Morgan fingerprint density at radius 3 is 2.52 bits per heavy atom. The number of nitrogens with one attached hydrogen (secondary N) is 2. The molecule has 2 aromatic carbocycles. The molecular formula is C31H33N7O2. The molecule has 9 nitrogen and oxygen atoms in total. The molecule has 2 N–H and O–H groups in total. The number of carbonyl (C=O) groups is 1. The highest BCUT2D eigenvalue weighted by Gasteiger charge is 2.30. The number of hydrogen-bond acceptors (Lipinski definition) is 6. The van der Waals surface area contributed by atoms with Crippen molar-refractivity contribution in [3.8, 4) is 22.9 Å². The number of aryl methyl sites for hydroxylation is 1. The predicted octanol–water partition coefficient (Wildman–Crippen LogP) is 5.50. The van der Waals surface area contributed by atoms with Crippen LogP contribution >= 0.6 is 0 Å². The van der Waals surface area contributed by atoms with Crippen LogP contribution in [0.15, 0.2) is 79.3 Å². The van der Waals surface area contributed by atoms with Crippen molar-refractivity contribution in [1.82, 2.24) is 20.1 Å². The first kappa shape index (κ1) is 26.8.